The van der Waals surface area contributed by atoms with E-state index in [1.807, 2.05) is 24.3 Å². The highest BCUT2D eigenvalue weighted by Crippen LogP contribution is 2.10. The van der Waals surface area contributed by atoms with E-state index in [1.54, 1.807) is 7.11 Å². The van der Waals surface area contributed by atoms with Crippen LogP contribution in [0.2, 0.25) is 0 Å². The molecule has 16 heavy (non-hydrogen) atoms. The predicted octanol–water partition coefficient (Wildman–Crippen LogP) is 4.02. The van der Waals surface area contributed by atoms with Crippen LogP contribution >= 0.6 is 0 Å². The average molecular weight is 216 g/mol. The number of methoxy groups -OCH3 is 1. The van der Waals surface area contributed by atoms with Gasteiger partial charge in [-0.1, -0.05) is 38.0 Å². The lowest BCUT2D eigenvalue weighted by Gasteiger charge is -1.97. The minimum Gasteiger partial charge on any atom is -0.497 e. The van der Waals surface area contributed by atoms with Gasteiger partial charge in [-0.05, 0) is 30.7 Å². The smallest absolute Gasteiger partial charge is 0.118 e. The molecule has 0 saturated heterocycles. The van der Waals surface area contributed by atoms with E-state index in [4.69, 9.17) is 4.74 Å². The summed E-state index contributed by atoms with van der Waals surface area (Å²) < 4.78 is 5.09. The van der Waals surface area contributed by atoms with Crippen molar-refractivity contribution in [1.29, 1.82) is 0 Å². The second-order valence-corrected chi connectivity index (χ2v) is 3.84. The van der Waals surface area contributed by atoms with Gasteiger partial charge in [-0.15, -0.1) is 0 Å². The van der Waals surface area contributed by atoms with Gasteiger partial charge in [0.25, 0.3) is 0 Å². The molecular weight excluding hydrogens is 196 g/mol. The van der Waals surface area contributed by atoms with E-state index in [9.17, 15) is 0 Å². The van der Waals surface area contributed by atoms with Gasteiger partial charge in [0.2, 0.25) is 0 Å². The molecule has 1 rings (SSSR count). The first kappa shape index (κ1) is 12.6. The average Bonchev–Trinajstić information content (AvgIpc) is 2.34. The summed E-state index contributed by atoms with van der Waals surface area (Å²) in [5, 5.41) is 0. The zero-order valence-corrected chi connectivity index (χ0v) is 10.3. The highest BCUT2D eigenvalue weighted by atomic mass is 16.5. The maximum absolute atomic E-state index is 5.09. The van der Waals surface area contributed by atoms with Crippen LogP contribution in [-0.4, -0.2) is 7.11 Å². The van der Waals surface area contributed by atoms with Crippen molar-refractivity contribution in [2.24, 2.45) is 0 Å². The Labute approximate surface area is 98.8 Å². The summed E-state index contributed by atoms with van der Waals surface area (Å²) in [4.78, 5) is 0. The summed E-state index contributed by atoms with van der Waals surface area (Å²) in [7, 11) is 1.68. The normalized spacial score (nSPS) is 9.38. The summed E-state index contributed by atoms with van der Waals surface area (Å²) in [6.45, 7) is 2.23. The number of hydrogen-bond donors (Lipinski definition) is 0. The van der Waals surface area contributed by atoms with Crippen molar-refractivity contribution >= 4 is 0 Å². The molecule has 1 heteroatoms. The Morgan fingerprint density at radius 1 is 1.06 bits per heavy atom. The largest absolute Gasteiger partial charge is 0.497 e. The van der Waals surface area contributed by atoms with Crippen LogP contribution in [-0.2, 0) is 0 Å². The Morgan fingerprint density at radius 3 is 2.44 bits per heavy atom. The van der Waals surface area contributed by atoms with Crippen molar-refractivity contribution in [1.82, 2.24) is 0 Å². The van der Waals surface area contributed by atoms with Crippen molar-refractivity contribution in [3.05, 3.63) is 29.8 Å². The van der Waals surface area contributed by atoms with Crippen LogP contribution in [0.15, 0.2) is 24.3 Å². The van der Waals surface area contributed by atoms with Gasteiger partial charge in [-0.3, -0.25) is 0 Å². The van der Waals surface area contributed by atoms with E-state index in [2.05, 4.69) is 18.8 Å². The Kier molecular flexibility index (Phi) is 6.18. The molecule has 0 spiro atoms. The summed E-state index contributed by atoms with van der Waals surface area (Å²) in [6, 6.07) is 7.89. The molecule has 0 amide bonds. The Hall–Kier alpha value is -1.42. The molecule has 1 aromatic rings. The van der Waals surface area contributed by atoms with Gasteiger partial charge >= 0.3 is 0 Å². The number of benzene rings is 1. The molecule has 0 unspecified atom stereocenters. The quantitative estimate of drug-likeness (QED) is 0.533. The van der Waals surface area contributed by atoms with Gasteiger partial charge in [0.05, 0.1) is 7.11 Å². The molecule has 0 radical (unpaired) electrons. The maximum atomic E-state index is 5.09. The monoisotopic (exact) mass is 216 g/mol. The SMILES string of the molecule is CCCCCCC#Cc1ccc(OC)cc1. The molecule has 0 saturated carbocycles. The first-order valence-electron chi connectivity index (χ1n) is 5.99. The maximum Gasteiger partial charge on any atom is 0.118 e. The summed E-state index contributed by atoms with van der Waals surface area (Å²) in [5.41, 5.74) is 1.07. The molecule has 0 heterocycles. The van der Waals surface area contributed by atoms with E-state index in [0.29, 0.717) is 0 Å². The molecule has 0 N–H and O–H groups in total. The topological polar surface area (TPSA) is 9.23 Å². The fraction of sp³-hybridized carbons (Fsp3) is 0.467. The zero-order valence-electron chi connectivity index (χ0n) is 10.3. The van der Waals surface area contributed by atoms with Crippen LogP contribution in [0.3, 0.4) is 0 Å². The number of ether oxygens (including phenoxy) is 1. The lowest BCUT2D eigenvalue weighted by molar-refractivity contribution is 0.415. The molecule has 86 valence electrons. The number of hydrogen-bond acceptors (Lipinski definition) is 1. The van der Waals surface area contributed by atoms with Crippen LogP contribution in [0.5, 0.6) is 5.75 Å². The third-order valence-electron chi connectivity index (χ3n) is 2.48. The highest BCUT2D eigenvalue weighted by molar-refractivity contribution is 5.38. The molecule has 1 nitrogen and oxygen atoms in total. The predicted molar refractivity (Wildman–Crippen MR) is 68.6 cm³/mol. The molecule has 0 aliphatic carbocycles. The molecule has 0 fully saturated rings. The Bertz CT molecular complexity index is 340. The summed E-state index contributed by atoms with van der Waals surface area (Å²) >= 11 is 0. The van der Waals surface area contributed by atoms with Gasteiger partial charge in [0.1, 0.15) is 5.75 Å². The molecule has 0 atom stereocenters. The van der Waals surface area contributed by atoms with Crippen LogP contribution in [0.25, 0.3) is 0 Å². The minimum atomic E-state index is 0.883. The summed E-state index contributed by atoms with van der Waals surface area (Å²) in [6.07, 6.45) is 6.13. The second kappa shape index (κ2) is 7.82. The summed E-state index contributed by atoms with van der Waals surface area (Å²) in [5.74, 6) is 7.26. The zero-order chi connectivity index (χ0) is 11.6. The van der Waals surface area contributed by atoms with Crippen molar-refractivity contribution < 1.29 is 4.74 Å². The first-order chi connectivity index (χ1) is 7.86. The van der Waals surface area contributed by atoms with E-state index < -0.39 is 0 Å². The molecule has 1 aromatic carbocycles. The first-order valence-corrected chi connectivity index (χ1v) is 5.99. The Balaban J connectivity index is 2.32. The van der Waals surface area contributed by atoms with E-state index in [1.165, 1.54) is 25.7 Å². The van der Waals surface area contributed by atoms with Crippen LogP contribution < -0.4 is 4.74 Å². The van der Waals surface area contributed by atoms with E-state index in [0.717, 1.165) is 17.7 Å². The lowest BCUT2D eigenvalue weighted by Crippen LogP contribution is -1.82. The lowest BCUT2D eigenvalue weighted by atomic mass is 10.1. The fourth-order valence-corrected chi connectivity index (χ4v) is 1.48. The van der Waals surface area contributed by atoms with Gasteiger partial charge in [-0.2, -0.15) is 0 Å². The van der Waals surface area contributed by atoms with E-state index >= 15 is 0 Å². The molecular formula is C15H20O. The molecule has 0 bridgehead atoms. The van der Waals surface area contributed by atoms with Crippen LogP contribution in [0.1, 0.15) is 44.6 Å². The van der Waals surface area contributed by atoms with Crippen molar-refractivity contribution in [3.8, 4) is 17.6 Å². The number of rotatable bonds is 5. The standard InChI is InChI=1S/C15H20O/c1-3-4-5-6-7-8-9-14-10-12-15(16-2)13-11-14/h10-13H,3-7H2,1-2H3. The minimum absolute atomic E-state index is 0.883. The molecule has 0 aliphatic rings. The highest BCUT2D eigenvalue weighted by Gasteiger charge is 1.89. The third-order valence-corrected chi connectivity index (χ3v) is 2.48. The Morgan fingerprint density at radius 2 is 1.81 bits per heavy atom. The van der Waals surface area contributed by atoms with Gasteiger partial charge in [-0.25, -0.2) is 0 Å². The van der Waals surface area contributed by atoms with Crippen LogP contribution in [0.4, 0.5) is 0 Å². The van der Waals surface area contributed by atoms with Gasteiger partial charge in [0, 0.05) is 12.0 Å². The molecule has 0 aromatic heterocycles. The van der Waals surface area contributed by atoms with Crippen molar-refractivity contribution in [2.45, 2.75) is 39.0 Å². The molecule has 0 aliphatic heterocycles. The number of unbranched alkanes of at least 4 members (excludes halogenated alkanes) is 4. The van der Waals surface area contributed by atoms with Crippen molar-refractivity contribution in [3.63, 3.8) is 0 Å². The third kappa shape index (κ3) is 4.89. The van der Waals surface area contributed by atoms with Gasteiger partial charge < -0.3 is 4.74 Å². The van der Waals surface area contributed by atoms with Crippen LogP contribution in [0, 0.1) is 11.8 Å². The van der Waals surface area contributed by atoms with Gasteiger partial charge in [0.15, 0.2) is 0 Å². The fourth-order valence-electron chi connectivity index (χ4n) is 1.48. The van der Waals surface area contributed by atoms with Crippen molar-refractivity contribution in [2.75, 3.05) is 7.11 Å². The van der Waals surface area contributed by atoms with E-state index in [-0.39, 0.29) is 0 Å². The second-order valence-electron chi connectivity index (χ2n) is 3.84.